The quantitative estimate of drug-likeness (QED) is 0.736. The normalized spacial score (nSPS) is 15.8. The van der Waals surface area contributed by atoms with E-state index in [1.807, 2.05) is 26.2 Å². The average Bonchev–Trinajstić information content (AvgIpc) is 2.73. The second kappa shape index (κ2) is 8.31. The Morgan fingerprint density at radius 2 is 1.53 bits per heavy atom. The van der Waals surface area contributed by atoms with E-state index in [-0.39, 0.29) is 35.0 Å². The molecule has 3 rings (SSSR count). The van der Waals surface area contributed by atoms with E-state index in [4.69, 9.17) is 0 Å². The van der Waals surface area contributed by atoms with Crippen LogP contribution in [0.25, 0.3) is 0 Å². The molecule has 0 unspecified atom stereocenters. The largest absolute Gasteiger partial charge is 0.361 e. The molecule has 1 amide bonds. The first-order chi connectivity index (χ1) is 14.0. The molecule has 1 aromatic carbocycles. The fourth-order valence-electron chi connectivity index (χ4n) is 3.25. The maximum absolute atomic E-state index is 13.0. The third kappa shape index (κ3) is 4.62. The van der Waals surface area contributed by atoms with Gasteiger partial charge in [-0.3, -0.25) is 4.79 Å². The Hall–Kier alpha value is -2.52. The number of nitrogens with zero attached hydrogens (tertiary/aromatic N) is 5. The van der Waals surface area contributed by atoms with Gasteiger partial charge in [0.1, 0.15) is 0 Å². The Morgan fingerprint density at radius 1 is 0.933 bits per heavy atom. The number of rotatable bonds is 4. The zero-order chi connectivity index (χ0) is 22.1. The van der Waals surface area contributed by atoms with E-state index in [0.717, 1.165) is 5.56 Å². The maximum Gasteiger partial charge on any atom is 0.274 e. The highest BCUT2D eigenvalue weighted by molar-refractivity contribution is 7.89. The van der Waals surface area contributed by atoms with Gasteiger partial charge in [-0.15, -0.1) is 10.2 Å². The van der Waals surface area contributed by atoms with E-state index in [2.05, 4.69) is 31.0 Å². The van der Waals surface area contributed by atoms with E-state index in [1.54, 1.807) is 34.1 Å². The molecule has 0 spiro atoms. The minimum absolute atomic E-state index is 0.0398. The van der Waals surface area contributed by atoms with Crippen LogP contribution in [0.3, 0.4) is 0 Å². The molecule has 0 bridgehead atoms. The van der Waals surface area contributed by atoms with Gasteiger partial charge >= 0.3 is 0 Å². The van der Waals surface area contributed by atoms with E-state index < -0.39 is 10.0 Å². The smallest absolute Gasteiger partial charge is 0.274 e. The lowest BCUT2D eigenvalue weighted by atomic mass is 9.87. The Balaban J connectivity index is 1.66. The van der Waals surface area contributed by atoms with Crippen molar-refractivity contribution >= 4 is 21.7 Å². The van der Waals surface area contributed by atoms with E-state index in [9.17, 15) is 13.2 Å². The minimum atomic E-state index is -3.59. The zero-order valence-corrected chi connectivity index (χ0v) is 19.0. The number of benzene rings is 1. The molecular weight excluding hydrogens is 402 g/mol. The fourth-order valence-corrected chi connectivity index (χ4v) is 4.67. The van der Waals surface area contributed by atoms with Crippen molar-refractivity contribution in [1.29, 1.82) is 0 Å². The molecule has 8 nitrogen and oxygen atoms in total. The van der Waals surface area contributed by atoms with Crippen LogP contribution in [-0.4, -0.2) is 74.0 Å². The second-order valence-electron chi connectivity index (χ2n) is 8.64. The number of sulfonamides is 1. The average molecular weight is 432 g/mol. The van der Waals surface area contributed by atoms with Gasteiger partial charge in [0.2, 0.25) is 10.0 Å². The summed E-state index contributed by atoms with van der Waals surface area (Å²) in [5.41, 5.74) is 1.30. The van der Waals surface area contributed by atoms with Crippen molar-refractivity contribution < 1.29 is 13.2 Å². The number of aromatic nitrogens is 2. The molecule has 2 aromatic rings. The summed E-state index contributed by atoms with van der Waals surface area (Å²) in [6.07, 6.45) is 0. The lowest BCUT2D eigenvalue weighted by Gasteiger charge is -2.33. The summed E-state index contributed by atoms with van der Waals surface area (Å²) in [5, 5.41) is 8.04. The van der Waals surface area contributed by atoms with Gasteiger partial charge in [0.15, 0.2) is 11.5 Å². The molecule has 0 saturated carbocycles. The van der Waals surface area contributed by atoms with E-state index in [1.165, 1.54) is 4.31 Å². The lowest BCUT2D eigenvalue weighted by Crippen LogP contribution is -2.50. The minimum Gasteiger partial charge on any atom is -0.361 e. The van der Waals surface area contributed by atoms with Crippen LogP contribution in [0.5, 0.6) is 0 Å². The molecule has 1 aromatic heterocycles. The van der Waals surface area contributed by atoms with Gasteiger partial charge in [0, 0.05) is 40.3 Å². The van der Waals surface area contributed by atoms with Gasteiger partial charge < -0.3 is 9.80 Å². The van der Waals surface area contributed by atoms with Gasteiger partial charge in [-0.05, 0) is 35.2 Å². The van der Waals surface area contributed by atoms with Crippen molar-refractivity contribution in [3.05, 3.63) is 47.7 Å². The standard InChI is InChI=1S/C21H29N5O3S/c1-21(2,3)16-6-8-17(9-7-16)30(28,29)26-14-12-25(13-15-26)20(27)18-10-11-19(23-22-18)24(4)5/h6-11H,12-15H2,1-5H3. The monoisotopic (exact) mass is 431 g/mol. The Labute approximate surface area is 178 Å². The van der Waals surface area contributed by atoms with Crippen molar-refractivity contribution in [3.63, 3.8) is 0 Å². The van der Waals surface area contributed by atoms with Crippen molar-refractivity contribution in [3.8, 4) is 0 Å². The first-order valence-corrected chi connectivity index (χ1v) is 11.4. The van der Waals surface area contributed by atoms with Crippen molar-refractivity contribution in [2.75, 3.05) is 45.2 Å². The number of carbonyl (C=O) groups excluding carboxylic acids is 1. The molecule has 162 valence electrons. The molecule has 0 radical (unpaired) electrons. The molecule has 2 heterocycles. The Bertz CT molecular complexity index is 988. The fraction of sp³-hybridized carbons (Fsp3) is 0.476. The topological polar surface area (TPSA) is 86.7 Å². The molecule has 0 aliphatic carbocycles. The molecule has 30 heavy (non-hydrogen) atoms. The number of anilines is 1. The van der Waals surface area contributed by atoms with Gasteiger partial charge in [0.05, 0.1) is 4.90 Å². The molecule has 1 saturated heterocycles. The van der Waals surface area contributed by atoms with Crippen LogP contribution in [-0.2, 0) is 15.4 Å². The zero-order valence-electron chi connectivity index (χ0n) is 18.2. The summed E-state index contributed by atoms with van der Waals surface area (Å²) < 4.78 is 27.4. The van der Waals surface area contributed by atoms with Crippen molar-refractivity contribution in [2.24, 2.45) is 0 Å². The van der Waals surface area contributed by atoms with Crippen LogP contribution in [0.4, 0.5) is 5.82 Å². The summed E-state index contributed by atoms with van der Waals surface area (Å²) in [4.78, 5) is 16.4. The summed E-state index contributed by atoms with van der Waals surface area (Å²) in [6, 6.07) is 10.4. The molecule has 1 aliphatic rings. The molecular formula is C21H29N5O3S. The Morgan fingerprint density at radius 3 is 2.00 bits per heavy atom. The van der Waals surface area contributed by atoms with E-state index >= 15 is 0 Å². The highest BCUT2D eigenvalue weighted by Crippen LogP contribution is 2.25. The first-order valence-electron chi connectivity index (χ1n) is 9.91. The van der Waals surface area contributed by atoms with E-state index in [0.29, 0.717) is 18.9 Å². The molecule has 1 aliphatic heterocycles. The van der Waals surface area contributed by atoms with Gasteiger partial charge in [0.25, 0.3) is 5.91 Å². The van der Waals surface area contributed by atoms with Crippen LogP contribution >= 0.6 is 0 Å². The molecule has 0 atom stereocenters. The van der Waals surface area contributed by atoms with Crippen LogP contribution in [0.2, 0.25) is 0 Å². The van der Waals surface area contributed by atoms with Crippen molar-refractivity contribution in [1.82, 2.24) is 19.4 Å². The predicted octanol–water partition coefficient (Wildman–Crippen LogP) is 1.99. The van der Waals surface area contributed by atoms with Crippen LogP contribution in [0.15, 0.2) is 41.3 Å². The second-order valence-corrected chi connectivity index (χ2v) is 10.6. The van der Waals surface area contributed by atoms with Crippen molar-refractivity contribution in [2.45, 2.75) is 31.1 Å². The van der Waals surface area contributed by atoms with Gasteiger partial charge in [-0.1, -0.05) is 32.9 Å². The highest BCUT2D eigenvalue weighted by atomic mass is 32.2. The number of hydrogen-bond acceptors (Lipinski definition) is 6. The lowest BCUT2D eigenvalue weighted by molar-refractivity contribution is 0.0691. The third-order valence-electron chi connectivity index (χ3n) is 5.21. The number of carbonyl (C=O) groups is 1. The summed E-state index contributed by atoms with van der Waals surface area (Å²) in [6.45, 7) is 7.39. The van der Waals surface area contributed by atoms with Crippen LogP contribution in [0, 0.1) is 0 Å². The molecule has 1 fully saturated rings. The SMILES string of the molecule is CN(C)c1ccc(C(=O)N2CCN(S(=O)(=O)c3ccc(C(C)(C)C)cc3)CC2)nn1. The maximum atomic E-state index is 13.0. The number of amides is 1. The first kappa shape index (κ1) is 22.2. The highest BCUT2D eigenvalue weighted by Gasteiger charge is 2.31. The summed E-state index contributed by atoms with van der Waals surface area (Å²) in [7, 11) is 0.107. The van der Waals surface area contributed by atoms with Gasteiger partial charge in [-0.2, -0.15) is 4.31 Å². The van der Waals surface area contributed by atoms with Crippen LogP contribution < -0.4 is 4.90 Å². The summed E-state index contributed by atoms with van der Waals surface area (Å²) >= 11 is 0. The Kier molecular flexibility index (Phi) is 6.14. The van der Waals surface area contributed by atoms with Crippen LogP contribution in [0.1, 0.15) is 36.8 Å². The third-order valence-corrected chi connectivity index (χ3v) is 7.12. The molecule has 9 heteroatoms. The number of hydrogen-bond donors (Lipinski definition) is 0. The summed E-state index contributed by atoms with van der Waals surface area (Å²) in [5.74, 6) is 0.430. The molecule has 0 N–H and O–H groups in total. The number of piperazine rings is 1. The van der Waals surface area contributed by atoms with Gasteiger partial charge in [-0.25, -0.2) is 8.42 Å². The predicted molar refractivity (Wildman–Crippen MR) is 116 cm³/mol.